The minimum absolute atomic E-state index is 0.0238. The van der Waals surface area contributed by atoms with E-state index in [9.17, 15) is 26.4 Å². The summed E-state index contributed by atoms with van der Waals surface area (Å²) in [5.74, 6) is -0.591. The van der Waals surface area contributed by atoms with E-state index in [0.29, 0.717) is 16.3 Å². The summed E-state index contributed by atoms with van der Waals surface area (Å²) in [6.07, 6.45) is 0. The summed E-state index contributed by atoms with van der Waals surface area (Å²) in [6.45, 7) is 0. The largest absolute Gasteiger partial charge is 0.534 e. The number of hydrogen-bond donors (Lipinski definition) is 1. The second-order valence-corrected chi connectivity index (χ2v) is 9.55. The summed E-state index contributed by atoms with van der Waals surface area (Å²) in [4.78, 5) is 18.5. The molecule has 0 aliphatic carbocycles. The number of nitrogens with one attached hydrogen (secondary N) is 1. The summed E-state index contributed by atoms with van der Waals surface area (Å²) in [6, 6.07) is 28.6. The molecule has 4 aromatic carbocycles. The van der Waals surface area contributed by atoms with Crippen LogP contribution in [0.2, 0.25) is 0 Å². The Morgan fingerprint density at radius 2 is 1.14 bits per heavy atom. The number of aromatic nitrogens is 2. The summed E-state index contributed by atoms with van der Waals surface area (Å²) >= 11 is 0. The molecule has 0 fully saturated rings. The Hall–Kier alpha value is -4.44. The number of fused-ring (bicyclic) bond motifs is 6. The second-order valence-electron chi connectivity index (χ2n) is 8.01. The molecule has 0 bridgehead atoms. The zero-order chi connectivity index (χ0) is 26.2. The number of para-hydroxylation sites is 2. The van der Waals surface area contributed by atoms with Crippen molar-refractivity contribution in [3.63, 3.8) is 0 Å². The molecule has 0 amide bonds. The predicted molar refractivity (Wildman–Crippen MR) is 137 cm³/mol. The van der Waals surface area contributed by atoms with E-state index in [4.69, 9.17) is 0 Å². The van der Waals surface area contributed by atoms with E-state index in [2.05, 4.69) is 14.2 Å². The van der Waals surface area contributed by atoms with Crippen molar-refractivity contribution in [3.8, 4) is 5.88 Å². The SMILES string of the molecule is O=S(=O)(Oc1nc2ccccc2c2ccccc12)C(F)(F)F.O=c1[nH]c2ccccc2c2ccccc12. The molecule has 10 heteroatoms. The molecule has 37 heavy (non-hydrogen) atoms. The van der Waals surface area contributed by atoms with Crippen LogP contribution >= 0.6 is 0 Å². The smallest absolute Gasteiger partial charge is 0.355 e. The standard InChI is InChI=1S/C14H8F3NO3S.C13H9NO/c15-14(16,17)22(19,20)21-13-11-7-2-1-5-9(11)10-6-3-4-8-12(10)18-13;15-13-11-7-2-1-5-9(11)10-6-3-4-8-12(10)14-13/h1-8H;1-8H,(H,14,15). The molecule has 2 heterocycles. The molecule has 186 valence electrons. The van der Waals surface area contributed by atoms with Gasteiger partial charge in [-0.2, -0.15) is 21.6 Å². The summed E-state index contributed by atoms with van der Waals surface area (Å²) < 4.78 is 64.1. The number of H-pyrrole nitrogens is 1. The van der Waals surface area contributed by atoms with Crippen molar-refractivity contribution < 1.29 is 25.8 Å². The number of hydrogen-bond acceptors (Lipinski definition) is 5. The van der Waals surface area contributed by atoms with Crippen molar-refractivity contribution in [1.29, 1.82) is 0 Å². The maximum atomic E-state index is 12.5. The number of aromatic amines is 1. The van der Waals surface area contributed by atoms with Crippen LogP contribution in [0.3, 0.4) is 0 Å². The minimum atomic E-state index is -5.77. The fourth-order valence-corrected chi connectivity index (χ4v) is 4.45. The summed E-state index contributed by atoms with van der Waals surface area (Å²) in [5.41, 5.74) is -4.30. The lowest BCUT2D eigenvalue weighted by molar-refractivity contribution is -0.0500. The Labute approximate surface area is 208 Å². The van der Waals surface area contributed by atoms with Gasteiger partial charge in [0.1, 0.15) is 0 Å². The fraction of sp³-hybridized carbons (Fsp3) is 0.0370. The number of pyridine rings is 2. The molecule has 0 atom stereocenters. The van der Waals surface area contributed by atoms with Gasteiger partial charge in [-0.3, -0.25) is 4.79 Å². The molecule has 0 aliphatic rings. The highest BCUT2D eigenvalue weighted by Crippen LogP contribution is 2.34. The molecule has 6 aromatic rings. The van der Waals surface area contributed by atoms with E-state index in [1.807, 2.05) is 48.5 Å². The van der Waals surface area contributed by atoms with E-state index in [-0.39, 0.29) is 10.9 Å². The van der Waals surface area contributed by atoms with Gasteiger partial charge >= 0.3 is 15.6 Å². The fourth-order valence-electron chi connectivity index (χ4n) is 4.02. The molecule has 0 spiro atoms. The lowest BCUT2D eigenvalue weighted by Crippen LogP contribution is -2.28. The van der Waals surface area contributed by atoms with Gasteiger partial charge in [0, 0.05) is 27.1 Å². The van der Waals surface area contributed by atoms with Gasteiger partial charge in [-0.05, 0) is 35.0 Å². The van der Waals surface area contributed by atoms with Gasteiger partial charge in [0.15, 0.2) is 0 Å². The quantitative estimate of drug-likeness (QED) is 0.164. The first kappa shape index (κ1) is 24.3. The molecule has 0 saturated carbocycles. The summed E-state index contributed by atoms with van der Waals surface area (Å²) in [7, 11) is -5.77. The van der Waals surface area contributed by atoms with Crippen LogP contribution in [-0.4, -0.2) is 23.9 Å². The number of benzene rings is 4. The van der Waals surface area contributed by atoms with Crippen molar-refractivity contribution in [2.75, 3.05) is 0 Å². The van der Waals surface area contributed by atoms with E-state index >= 15 is 0 Å². The Morgan fingerprint density at radius 3 is 1.78 bits per heavy atom. The van der Waals surface area contributed by atoms with Gasteiger partial charge in [-0.15, -0.1) is 0 Å². The normalized spacial score (nSPS) is 12.0. The van der Waals surface area contributed by atoms with Crippen LogP contribution in [0.5, 0.6) is 5.88 Å². The number of rotatable bonds is 2. The highest BCUT2D eigenvalue weighted by molar-refractivity contribution is 7.88. The molecule has 6 rings (SSSR count). The highest BCUT2D eigenvalue weighted by Gasteiger charge is 2.49. The van der Waals surface area contributed by atoms with E-state index in [1.54, 1.807) is 42.5 Å². The third-order valence-electron chi connectivity index (χ3n) is 5.68. The zero-order valence-corrected chi connectivity index (χ0v) is 19.7. The lowest BCUT2D eigenvalue weighted by atomic mass is 10.1. The molecule has 1 N–H and O–H groups in total. The van der Waals surface area contributed by atoms with Crippen LogP contribution in [0.25, 0.3) is 43.4 Å². The van der Waals surface area contributed by atoms with Gasteiger partial charge < -0.3 is 9.17 Å². The van der Waals surface area contributed by atoms with Crippen molar-refractivity contribution in [3.05, 3.63) is 107 Å². The van der Waals surface area contributed by atoms with Crippen molar-refractivity contribution in [1.82, 2.24) is 9.97 Å². The van der Waals surface area contributed by atoms with E-state index < -0.39 is 21.5 Å². The van der Waals surface area contributed by atoms with Gasteiger partial charge in [0.2, 0.25) is 5.88 Å². The molecule has 0 radical (unpaired) electrons. The predicted octanol–water partition coefficient (Wildman–Crippen LogP) is 6.30. The third-order valence-corrected chi connectivity index (χ3v) is 6.63. The Kier molecular flexibility index (Phi) is 6.04. The maximum Gasteiger partial charge on any atom is 0.534 e. The van der Waals surface area contributed by atoms with Crippen LogP contribution < -0.4 is 9.74 Å². The molecule has 0 unspecified atom stereocenters. The van der Waals surface area contributed by atoms with Crippen LogP contribution in [0, 0.1) is 0 Å². The average Bonchev–Trinajstić information content (AvgIpc) is 2.89. The zero-order valence-electron chi connectivity index (χ0n) is 18.9. The monoisotopic (exact) mass is 522 g/mol. The molecule has 0 saturated heterocycles. The first-order valence-corrected chi connectivity index (χ1v) is 12.3. The van der Waals surface area contributed by atoms with Crippen LogP contribution in [0.1, 0.15) is 0 Å². The van der Waals surface area contributed by atoms with Crippen LogP contribution in [0.4, 0.5) is 13.2 Å². The molecule has 2 aromatic heterocycles. The lowest BCUT2D eigenvalue weighted by Gasteiger charge is -2.12. The van der Waals surface area contributed by atoms with Crippen molar-refractivity contribution in [2.45, 2.75) is 5.51 Å². The molecule has 6 nitrogen and oxygen atoms in total. The van der Waals surface area contributed by atoms with Crippen LogP contribution in [0.15, 0.2) is 102 Å². The minimum Gasteiger partial charge on any atom is -0.355 e. The van der Waals surface area contributed by atoms with E-state index in [0.717, 1.165) is 21.7 Å². The number of halogens is 3. The van der Waals surface area contributed by atoms with Crippen LogP contribution in [-0.2, 0) is 10.1 Å². The third kappa shape index (κ3) is 4.58. The van der Waals surface area contributed by atoms with Gasteiger partial charge in [-0.25, -0.2) is 4.98 Å². The van der Waals surface area contributed by atoms with Gasteiger partial charge in [0.05, 0.1) is 5.52 Å². The van der Waals surface area contributed by atoms with Gasteiger partial charge in [-0.1, -0.05) is 72.8 Å². The molecule has 0 aliphatic heterocycles. The number of alkyl halides is 3. The van der Waals surface area contributed by atoms with Crippen molar-refractivity contribution >= 4 is 53.5 Å². The van der Waals surface area contributed by atoms with Crippen molar-refractivity contribution in [2.24, 2.45) is 0 Å². The Bertz CT molecular complexity index is 1950. The topological polar surface area (TPSA) is 89.1 Å². The first-order valence-electron chi connectivity index (χ1n) is 10.9. The van der Waals surface area contributed by atoms with E-state index in [1.165, 1.54) is 6.07 Å². The Balaban J connectivity index is 0.000000162. The Morgan fingerprint density at radius 1 is 0.649 bits per heavy atom. The summed E-state index contributed by atoms with van der Waals surface area (Å²) in [5, 5.41) is 4.28. The average molecular weight is 523 g/mol. The number of nitrogens with zero attached hydrogens (tertiary/aromatic N) is 1. The van der Waals surface area contributed by atoms with Gasteiger partial charge in [0.25, 0.3) is 5.56 Å². The molecular formula is C27H17F3N2O4S. The second kappa shape index (κ2) is 9.21. The maximum absolute atomic E-state index is 12.5. The highest BCUT2D eigenvalue weighted by atomic mass is 32.2. The first-order chi connectivity index (χ1) is 17.7. The molecular weight excluding hydrogens is 505 g/mol.